The Morgan fingerprint density at radius 1 is 1.18 bits per heavy atom. The predicted octanol–water partition coefficient (Wildman–Crippen LogP) is 4.65. The minimum atomic E-state index is -0.292. The molecule has 34 heavy (non-hydrogen) atoms. The Morgan fingerprint density at radius 3 is 2.88 bits per heavy atom. The third-order valence-corrected chi connectivity index (χ3v) is 6.84. The first kappa shape index (κ1) is 24.0. The molecule has 8 nitrogen and oxygen atoms in total. The number of ether oxygens (including phenoxy) is 1. The fourth-order valence-electron chi connectivity index (χ4n) is 3.56. The van der Waals surface area contributed by atoms with E-state index in [9.17, 15) is 4.79 Å². The van der Waals surface area contributed by atoms with E-state index in [1.165, 1.54) is 0 Å². The lowest BCUT2D eigenvalue weighted by Gasteiger charge is -2.18. The molecule has 2 aromatic heterocycles. The molecule has 4 aromatic rings. The number of rotatable bonds is 12. The molecule has 0 spiro atoms. The quantitative estimate of drug-likeness (QED) is 0.293. The highest BCUT2D eigenvalue weighted by Gasteiger charge is 2.14. The number of tetrazole rings is 1. The summed E-state index contributed by atoms with van der Waals surface area (Å²) < 4.78 is 6.06. The molecule has 0 radical (unpaired) electrons. The van der Waals surface area contributed by atoms with Crippen LogP contribution in [0.4, 0.5) is 0 Å². The zero-order valence-corrected chi connectivity index (χ0v) is 20.1. The van der Waals surface area contributed by atoms with Gasteiger partial charge in [0.15, 0.2) is 5.82 Å². The summed E-state index contributed by atoms with van der Waals surface area (Å²) in [4.78, 5) is 15.9. The smallest absolute Gasteiger partial charge is 0.218 e. The van der Waals surface area contributed by atoms with Crippen LogP contribution in [-0.4, -0.2) is 37.3 Å². The molecule has 2 heterocycles. The normalized spacial score (nSPS) is 12.0. The maximum Gasteiger partial charge on any atom is 0.218 e. The summed E-state index contributed by atoms with van der Waals surface area (Å²) in [7, 11) is 0. The first-order valence-electron chi connectivity index (χ1n) is 11.0. The van der Waals surface area contributed by atoms with Crippen LogP contribution < -0.4 is 10.5 Å². The lowest BCUT2D eigenvalue weighted by molar-refractivity contribution is -0.117. The largest absolute Gasteiger partial charge is 0.487 e. The number of nitrogens with one attached hydrogen (secondary N) is 1. The van der Waals surface area contributed by atoms with Gasteiger partial charge in [-0.05, 0) is 48.7 Å². The Morgan fingerprint density at radius 2 is 2.06 bits per heavy atom. The van der Waals surface area contributed by atoms with Crippen LogP contribution in [0.1, 0.15) is 41.6 Å². The van der Waals surface area contributed by atoms with Gasteiger partial charge in [-0.2, -0.15) is 17.0 Å². The molecule has 0 fully saturated rings. The van der Waals surface area contributed by atoms with Crippen LogP contribution in [-0.2, 0) is 17.8 Å². The molecule has 4 rings (SSSR count). The fraction of sp³-hybridized carbons (Fsp3) is 0.292. The number of carbonyl (C=O) groups excluding carboxylic acids is 1. The number of nitrogens with zero attached hydrogens (tertiary/aromatic N) is 4. The summed E-state index contributed by atoms with van der Waals surface area (Å²) in [5.41, 5.74) is 8.14. The Kier molecular flexibility index (Phi) is 8.32. The van der Waals surface area contributed by atoms with Crippen molar-refractivity contribution in [3.05, 3.63) is 76.7 Å². The molecule has 0 aliphatic heterocycles. The van der Waals surface area contributed by atoms with Crippen molar-refractivity contribution in [2.45, 2.75) is 37.5 Å². The number of fused-ring (bicyclic) bond motifs is 1. The lowest BCUT2D eigenvalue weighted by Crippen LogP contribution is -2.11. The zero-order valence-electron chi connectivity index (χ0n) is 18.5. The number of nitrogens with two attached hydrogens (primary N) is 1. The van der Waals surface area contributed by atoms with Gasteiger partial charge in [0.1, 0.15) is 12.4 Å². The molecule has 176 valence electrons. The van der Waals surface area contributed by atoms with E-state index < -0.39 is 0 Å². The van der Waals surface area contributed by atoms with E-state index in [0.29, 0.717) is 29.6 Å². The number of aromatic nitrogens is 5. The Balaban J connectivity index is 1.41. The van der Waals surface area contributed by atoms with Crippen LogP contribution in [0.2, 0.25) is 5.02 Å². The van der Waals surface area contributed by atoms with Crippen molar-refractivity contribution in [2.24, 2.45) is 5.73 Å². The van der Waals surface area contributed by atoms with E-state index in [2.05, 4.69) is 31.7 Å². The average Bonchev–Trinajstić information content (AvgIpc) is 3.35. The third-order valence-electron chi connectivity index (χ3n) is 5.25. The van der Waals surface area contributed by atoms with Crippen molar-refractivity contribution in [3.8, 4) is 5.75 Å². The van der Waals surface area contributed by atoms with Gasteiger partial charge in [-0.3, -0.25) is 4.79 Å². The van der Waals surface area contributed by atoms with Crippen molar-refractivity contribution in [1.29, 1.82) is 0 Å². The van der Waals surface area contributed by atoms with Crippen LogP contribution in [0, 0.1) is 0 Å². The van der Waals surface area contributed by atoms with Crippen LogP contribution in [0.15, 0.2) is 54.6 Å². The van der Waals surface area contributed by atoms with Crippen LogP contribution in [0.3, 0.4) is 0 Å². The first-order chi connectivity index (χ1) is 16.6. The number of thioether (sulfide) groups is 1. The van der Waals surface area contributed by atoms with Gasteiger partial charge in [0.05, 0.1) is 11.2 Å². The number of H-pyrrole nitrogens is 1. The summed E-state index contributed by atoms with van der Waals surface area (Å²) in [6, 6.07) is 17.7. The van der Waals surface area contributed by atoms with Crippen molar-refractivity contribution >= 4 is 40.2 Å². The Hall–Kier alpha value is -3.17. The number of hydrogen-bond acceptors (Lipinski definition) is 7. The Labute approximate surface area is 206 Å². The molecule has 1 amide bonds. The molecule has 2 aromatic carbocycles. The molecule has 0 saturated heterocycles. The van der Waals surface area contributed by atoms with Crippen LogP contribution >= 0.6 is 23.4 Å². The van der Waals surface area contributed by atoms with E-state index >= 15 is 0 Å². The van der Waals surface area contributed by atoms with E-state index in [-0.39, 0.29) is 11.2 Å². The number of aryl methyl sites for hydroxylation is 1. The number of aromatic amines is 1. The number of benzene rings is 2. The van der Waals surface area contributed by atoms with Gasteiger partial charge >= 0.3 is 0 Å². The van der Waals surface area contributed by atoms with Crippen molar-refractivity contribution in [3.63, 3.8) is 0 Å². The molecule has 0 saturated carbocycles. The first-order valence-corrected chi connectivity index (χ1v) is 12.4. The molecule has 0 aliphatic carbocycles. The molecular weight excluding hydrogens is 472 g/mol. The fourth-order valence-corrected chi connectivity index (χ4v) is 5.00. The van der Waals surface area contributed by atoms with Gasteiger partial charge in [-0.15, -0.1) is 10.2 Å². The van der Waals surface area contributed by atoms with Gasteiger partial charge in [-0.25, -0.2) is 4.98 Å². The van der Waals surface area contributed by atoms with E-state index in [1.54, 1.807) is 11.8 Å². The molecule has 10 heteroatoms. The summed E-state index contributed by atoms with van der Waals surface area (Å²) in [5.74, 6) is 1.84. The molecule has 0 bridgehead atoms. The summed E-state index contributed by atoms with van der Waals surface area (Å²) in [6.07, 6.45) is 2.87. The number of hydrogen-bond donors (Lipinski definition) is 2. The predicted molar refractivity (Wildman–Crippen MR) is 134 cm³/mol. The van der Waals surface area contributed by atoms with Crippen molar-refractivity contribution in [1.82, 2.24) is 25.6 Å². The lowest BCUT2D eigenvalue weighted by atomic mass is 10.1. The average molecular weight is 497 g/mol. The Bertz CT molecular complexity index is 1240. The second-order valence-corrected chi connectivity index (χ2v) is 9.54. The van der Waals surface area contributed by atoms with Crippen molar-refractivity contribution < 1.29 is 9.53 Å². The van der Waals surface area contributed by atoms with Crippen molar-refractivity contribution in [2.75, 3.05) is 5.75 Å². The summed E-state index contributed by atoms with van der Waals surface area (Å²) in [5, 5.41) is 16.0. The molecule has 0 aliphatic rings. The number of carbonyl (C=O) groups is 1. The van der Waals surface area contributed by atoms with Gasteiger partial charge in [0.25, 0.3) is 0 Å². The highest BCUT2D eigenvalue weighted by atomic mass is 35.5. The second-order valence-electron chi connectivity index (χ2n) is 7.80. The van der Waals surface area contributed by atoms with Crippen LogP contribution in [0.5, 0.6) is 5.75 Å². The topological polar surface area (TPSA) is 120 Å². The molecule has 1 atom stereocenters. The number of halogens is 1. The van der Waals surface area contributed by atoms with Gasteiger partial charge < -0.3 is 10.5 Å². The third kappa shape index (κ3) is 6.91. The molecular formula is C24H25ClN6O2S. The van der Waals surface area contributed by atoms with Gasteiger partial charge in [0, 0.05) is 34.3 Å². The highest BCUT2D eigenvalue weighted by Crippen LogP contribution is 2.35. The summed E-state index contributed by atoms with van der Waals surface area (Å²) in [6.45, 7) is 0.350. The SMILES string of the molecule is NC(=O)CCSC(CCCc1nn[nH]n1)c1cccc(OCc2ccc3ccc(Cl)cc3n2)c1. The molecule has 3 N–H and O–H groups in total. The number of primary amides is 1. The zero-order chi connectivity index (χ0) is 23.8. The number of amides is 1. The van der Waals surface area contributed by atoms with Gasteiger partial charge in [-0.1, -0.05) is 41.1 Å². The van der Waals surface area contributed by atoms with E-state index in [4.69, 9.17) is 22.1 Å². The minimum Gasteiger partial charge on any atom is -0.487 e. The highest BCUT2D eigenvalue weighted by molar-refractivity contribution is 7.99. The second kappa shape index (κ2) is 11.8. The molecule has 1 unspecified atom stereocenters. The maximum absolute atomic E-state index is 11.2. The standard InChI is InChI=1S/C24H25ClN6O2S/c25-18-9-7-16-8-10-19(27-21(16)14-18)15-33-20-4-1-3-17(13-20)22(34-12-11-23(26)32)5-2-6-24-28-30-31-29-24/h1,3-4,7-10,13-14,22H,2,5-6,11-12,15H2,(H2,26,32)(H,28,29,30,31). The van der Waals surface area contributed by atoms with Gasteiger partial charge in [0.2, 0.25) is 5.91 Å². The number of pyridine rings is 1. The van der Waals surface area contributed by atoms with E-state index in [1.807, 2.05) is 48.5 Å². The van der Waals surface area contributed by atoms with Crippen LogP contribution in [0.25, 0.3) is 10.9 Å². The maximum atomic E-state index is 11.2. The summed E-state index contributed by atoms with van der Waals surface area (Å²) >= 11 is 7.82. The van der Waals surface area contributed by atoms with E-state index in [0.717, 1.165) is 47.2 Å². The monoisotopic (exact) mass is 496 g/mol. The minimum absolute atomic E-state index is 0.190.